The summed E-state index contributed by atoms with van der Waals surface area (Å²) in [6.45, 7) is 4.91. The van der Waals surface area contributed by atoms with E-state index in [1.807, 2.05) is 49.0 Å². The Morgan fingerprint density at radius 2 is 1.81 bits per heavy atom. The molecule has 0 aliphatic heterocycles. The number of carbonyl (C=O) groups excluding carboxylic acids is 1. The first-order chi connectivity index (χ1) is 20.5. The van der Waals surface area contributed by atoms with Gasteiger partial charge in [0, 0.05) is 41.2 Å². The number of hydrogen-bond donors (Lipinski definition) is 2. The van der Waals surface area contributed by atoms with Crippen LogP contribution in [0.4, 0.5) is 0 Å². The third-order valence-electron chi connectivity index (χ3n) is 7.68. The number of fused-ring (bicyclic) bond motifs is 2. The summed E-state index contributed by atoms with van der Waals surface area (Å²) in [5.74, 6) is 0.514. The highest BCUT2D eigenvalue weighted by Crippen LogP contribution is 2.36. The molecule has 7 heteroatoms. The predicted molar refractivity (Wildman–Crippen MR) is 169 cm³/mol. The average Bonchev–Trinajstić information content (AvgIpc) is 3.51. The predicted octanol–water partition coefficient (Wildman–Crippen LogP) is 7.39. The first kappa shape index (κ1) is 29.1. The zero-order valence-corrected chi connectivity index (χ0v) is 24.7. The van der Waals surface area contributed by atoms with E-state index >= 15 is 0 Å². The van der Waals surface area contributed by atoms with E-state index in [0.29, 0.717) is 25.3 Å². The molecule has 3 aromatic carbocycles. The maximum Gasteiger partial charge on any atom is 0.355 e. The molecule has 2 aromatic heterocycles. The molecule has 0 amide bonds. The molecule has 5 rings (SSSR count). The molecule has 0 fully saturated rings. The van der Waals surface area contributed by atoms with Crippen LogP contribution in [0.15, 0.2) is 66.7 Å². The van der Waals surface area contributed by atoms with Crippen molar-refractivity contribution in [3.8, 4) is 16.9 Å². The Labute approximate surface area is 246 Å². The Hall–Kier alpha value is -4.36. The van der Waals surface area contributed by atoms with E-state index in [-0.39, 0.29) is 12.6 Å². The third kappa shape index (κ3) is 6.11. The van der Waals surface area contributed by atoms with E-state index in [1.54, 1.807) is 0 Å². The standard InChI is InChI=1S/C35H39N3O4/c1-4-41-35(40)34-28(19-13-23-42-31-21-11-15-25-14-8-9-16-26(25)31)27-17-12-18-29(33(27)36-34)32-24(2)38(3)37-30(32)20-7-5-6-10-22-39/h7-9,11-12,14-18,20-21,36,39H,4-6,10,13,19,22-23H2,1-3H3. The van der Waals surface area contributed by atoms with Crippen LogP contribution in [-0.4, -0.2) is 45.7 Å². The fraction of sp³-hybridized carbons (Fsp3) is 0.314. The number of allylic oxidation sites excluding steroid dienone is 1. The molecule has 2 N–H and O–H groups in total. The number of esters is 1. The molecule has 0 aliphatic carbocycles. The summed E-state index contributed by atoms with van der Waals surface area (Å²) in [6, 6.07) is 20.5. The van der Waals surface area contributed by atoms with Crippen LogP contribution in [0.5, 0.6) is 5.75 Å². The van der Waals surface area contributed by atoms with Crippen LogP contribution < -0.4 is 4.74 Å². The van der Waals surface area contributed by atoms with E-state index in [9.17, 15) is 4.79 Å². The molecule has 0 aliphatic rings. The van der Waals surface area contributed by atoms with Gasteiger partial charge in [0.15, 0.2) is 0 Å². The molecule has 0 atom stereocenters. The van der Waals surface area contributed by atoms with Gasteiger partial charge in [-0.25, -0.2) is 4.79 Å². The van der Waals surface area contributed by atoms with E-state index in [0.717, 1.165) is 81.2 Å². The number of benzene rings is 3. The van der Waals surface area contributed by atoms with Crippen molar-refractivity contribution in [2.45, 2.75) is 46.0 Å². The topological polar surface area (TPSA) is 89.4 Å². The Morgan fingerprint density at radius 1 is 1.02 bits per heavy atom. The van der Waals surface area contributed by atoms with E-state index in [1.165, 1.54) is 0 Å². The van der Waals surface area contributed by atoms with Crippen LogP contribution in [0.25, 0.3) is 38.9 Å². The number of carbonyl (C=O) groups is 1. The van der Waals surface area contributed by atoms with Gasteiger partial charge in [-0.1, -0.05) is 60.7 Å². The second-order valence-corrected chi connectivity index (χ2v) is 10.4. The molecular weight excluding hydrogens is 526 g/mol. The van der Waals surface area contributed by atoms with Crippen LogP contribution in [0.2, 0.25) is 0 Å². The largest absolute Gasteiger partial charge is 0.493 e. The summed E-state index contributed by atoms with van der Waals surface area (Å²) in [5, 5.41) is 17.1. The maximum absolute atomic E-state index is 13.1. The van der Waals surface area contributed by atoms with Gasteiger partial charge < -0.3 is 19.6 Å². The number of nitrogens with zero attached hydrogens (tertiary/aromatic N) is 2. The molecule has 0 saturated heterocycles. The zero-order chi connectivity index (χ0) is 29.5. The summed E-state index contributed by atoms with van der Waals surface area (Å²) in [6.07, 6.45) is 8.15. The zero-order valence-electron chi connectivity index (χ0n) is 24.7. The minimum absolute atomic E-state index is 0.205. The number of ether oxygens (including phenoxy) is 2. The molecular formula is C35H39N3O4. The molecule has 0 unspecified atom stereocenters. The number of aromatic nitrogens is 3. The van der Waals surface area contributed by atoms with Gasteiger partial charge in [-0.15, -0.1) is 0 Å². The fourth-order valence-electron chi connectivity index (χ4n) is 5.52. The lowest BCUT2D eigenvalue weighted by Gasteiger charge is -2.10. The number of H-pyrrole nitrogens is 1. The van der Waals surface area contributed by atoms with Gasteiger partial charge in [-0.3, -0.25) is 4.68 Å². The molecule has 42 heavy (non-hydrogen) atoms. The van der Waals surface area contributed by atoms with Gasteiger partial charge >= 0.3 is 5.97 Å². The Morgan fingerprint density at radius 3 is 2.64 bits per heavy atom. The normalized spacial score (nSPS) is 11.6. The number of nitrogens with one attached hydrogen (secondary N) is 1. The number of hydrogen-bond acceptors (Lipinski definition) is 5. The van der Waals surface area contributed by atoms with Crippen LogP contribution >= 0.6 is 0 Å². The molecule has 0 bridgehead atoms. The summed E-state index contributed by atoms with van der Waals surface area (Å²) < 4.78 is 13.6. The van der Waals surface area contributed by atoms with E-state index in [2.05, 4.69) is 54.4 Å². The number of rotatable bonds is 13. The highest BCUT2D eigenvalue weighted by molar-refractivity contribution is 6.04. The van der Waals surface area contributed by atoms with Crippen LogP contribution in [0, 0.1) is 6.92 Å². The van der Waals surface area contributed by atoms with Crippen molar-refractivity contribution >= 4 is 33.7 Å². The van der Waals surface area contributed by atoms with Crippen molar-refractivity contribution < 1.29 is 19.4 Å². The quantitative estimate of drug-likeness (QED) is 0.115. The minimum Gasteiger partial charge on any atom is -0.493 e. The Bertz CT molecular complexity index is 1710. The SMILES string of the molecule is CCOC(=O)c1[nH]c2c(-c3c(C=CCCCCO)nn(C)c3C)cccc2c1CCCOc1cccc2ccccc12. The summed E-state index contributed by atoms with van der Waals surface area (Å²) in [4.78, 5) is 16.6. The number of aliphatic hydroxyl groups excluding tert-OH is 1. The van der Waals surface area contributed by atoms with Crippen LogP contribution in [0.1, 0.15) is 60.0 Å². The van der Waals surface area contributed by atoms with Crippen molar-refractivity contribution in [2.24, 2.45) is 7.05 Å². The van der Waals surface area contributed by atoms with Crippen molar-refractivity contribution in [3.63, 3.8) is 0 Å². The summed E-state index contributed by atoms with van der Waals surface area (Å²) in [7, 11) is 1.95. The second kappa shape index (κ2) is 13.5. The molecule has 0 saturated carbocycles. The van der Waals surface area contributed by atoms with Crippen LogP contribution in [0.3, 0.4) is 0 Å². The first-order valence-corrected chi connectivity index (χ1v) is 14.8. The van der Waals surface area contributed by atoms with Crippen molar-refractivity contribution in [3.05, 3.63) is 89.4 Å². The van der Waals surface area contributed by atoms with Gasteiger partial charge in [-0.05, 0) is 69.0 Å². The molecule has 218 valence electrons. The third-order valence-corrected chi connectivity index (χ3v) is 7.68. The van der Waals surface area contributed by atoms with Gasteiger partial charge in [-0.2, -0.15) is 5.10 Å². The molecule has 2 heterocycles. The average molecular weight is 566 g/mol. The lowest BCUT2D eigenvalue weighted by molar-refractivity contribution is 0.0519. The minimum atomic E-state index is -0.350. The number of unbranched alkanes of at least 4 members (excludes halogenated alkanes) is 2. The summed E-state index contributed by atoms with van der Waals surface area (Å²) in [5.41, 5.74) is 6.28. The molecule has 0 spiro atoms. The molecule has 7 nitrogen and oxygen atoms in total. The Balaban J connectivity index is 1.45. The second-order valence-electron chi connectivity index (χ2n) is 10.4. The van der Waals surface area contributed by atoms with Gasteiger partial charge in [0.25, 0.3) is 0 Å². The smallest absolute Gasteiger partial charge is 0.355 e. The van der Waals surface area contributed by atoms with Gasteiger partial charge in [0.2, 0.25) is 0 Å². The van der Waals surface area contributed by atoms with Gasteiger partial charge in [0.1, 0.15) is 11.4 Å². The van der Waals surface area contributed by atoms with E-state index < -0.39 is 0 Å². The highest BCUT2D eigenvalue weighted by atomic mass is 16.5. The lowest BCUT2D eigenvalue weighted by Crippen LogP contribution is -2.09. The Kier molecular flexibility index (Phi) is 9.39. The number of aryl methyl sites for hydroxylation is 2. The van der Waals surface area contributed by atoms with Crippen LogP contribution in [-0.2, 0) is 18.2 Å². The maximum atomic E-state index is 13.1. The van der Waals surface area contributed by atoms with Crippen molar-refractivity contribution in [1.82, 2.24) is 14.8 Å². The number of aliphatic hydroxyl groups is 1. The van der Waals surface area contributed by atoms with Crippen molar-refractivity contribution in [2.75, 3.05) is 19.8 Å². The molecule has 0 radical (unpaired) electrons. The van der Waals surface area contributed by atoms with E-state index in [4.69, 9.17) is 19.7 Å². The lowest BCUT2D eigenvalue weighted by atomic mass is 9.98. The number of para-hydroxylation sites is 1. The van der Waals surface area contributed by atoms with Crippen molar-refractivity contribution in [1.29, 1.82) is 0 Å². The number of aromatic amines is 1. The van der Waals surface area contributed by atoms with Gasteiger partial charge in [0.05, 0.1) is 24.4 Å². The first-order valence-electron chi connectivity index (χ1n) is 14.8. The fourth-order valence-corrected chi connectivity index (χ4v) is 5.52. The summed E-state index contributed by atoms with van der Waals surface area (Å²) >= 11 is 0. The monoisotopic (exact) mass is 565 g/mol. The molecule has 5 aromatic rings. The highest BCUT2D eigenvalue weighted by Gasteiger charge is 2.23.